The molecule has 18 heavy (non-hydrogen) atoms. The van der Waals surface area contributed by atoms with Gasteiger partial charge in [0, 0.05) is 0 Å². The number of nitrogens with two attached hydrogens (primary N) is 1. The lowest BCUT2D eigenvalue weighted by Crippen LogP contribution is -2.32. The highest BCUT2D eigenvalue weighted by atomic mass is 32.3. The number of carbonyl (C=O) groups is 1. The SMILES string of the molecule is N[C@@H](Cc1ccc(O)c(OS(=O)(=O)O)c1)C(=O)O. The second-order valence-electron chi connectivity index (χ2n) is 3.46. The lowest BCUT2D eigenvalue weighted by molar-refractivity contribution is -0.138. The maximum atomic E-state index is 10.5. The molecule has 0 amide bonds. The van der Waals surface area contributed by atoms with Gasteiger partial charge in [-0.25, -0.2) is 0 Å². The predicted molar refractivity (Wildman–Crippen MR) is 59.6 cm³/mol. The summed E-state index contributed by atoms with van der Waals surface area (Å²) in [5.74, 6) is -2.24. The third-order valence-corrected chi connectivity index (χ3v) is 2.38. The molecular formula is C9H11NO7S. The van der Waals surface area contributed by atoms with E-state index in [1.54, 1.807) is 0 Å². The van der Waals surface area contributed by atoms with Gasteiger partial charge >= 0.3 is 16.4 Å². The van der Waals surface area contributed by atoms with Crippen LogP contribution >= 0.6 is 0 Å². The minimum absolute atomic E-state index is 0.0859. The first kappa shape index (κ1) is 14.2. The van der Waals surface area contributed by atoms with Crippen molar-refractivity contribution in [3.05, 3.63) is 23.8 Å². The molecule has 0 radical (unpaired) electrons. The summed E-state index contributed by atoms with van der Waals surface area (Å²) in [7, 11) is -4.77. The molecule has 0 bridgehead atoms. The molecule has 0 spiro atoms. The zero-order chi connectivity index (χ0) is 13.9. The number of phenolic OH excluding ortho intramolecular Hbond substituents is 1. The number of benzene rings is 1. The van der Waals surface area contributed by atoms with Crippen LogP contribution in [0, 0.1) is 0 Å². The number of hydrogen-bond donors (Lipinski definition) is 4. The zero-order valence-corrected chi connectivity index (χ0v) is 9.79. The Bertz CT molecular complexity index is 554. The van der Waals surface area contributed by atoms with Crippen LogP contribution in [-0.2, 0) is 21.6 Å². The van der Waals surface area contributed by atoms with Crippen LogP contribution in [0.3, 0.4) is 0 Å². The normalized spacial score (nSPS) is 13.0. The van der Waals surface area contributed by atoms with Crippen LogP contribution in [0.2, 0.25) is 0 Å². The summed E-state index contributed by atoms with van der Waals surface area (Å²) in [4.78, 5) is 10.5. The van der Waals surface area contributed by atoms with Gasteiger partial charge in [0.2, 0.25) is 0 Å². The van der Waals surface area contributed by atoms with E-state index in [9.17, 15) is 18.3 Å². The molecule has 0 aromatic heterocycles. The first-order valence-electron chi connectivity index (χ1n) is 4.66. The van der Waals surface area contributed by atoms with Crippen molar-refractivity contribution < 1.29 is 32.2 Å². The van der Waals surface area contributed by atoms with Gasteiger partial charge in [0.15, 0.2) is 11.5 Å². The molecular weight excluding hydrogens is 266 g/mol. The van der Waals surface area contributed by atoms with Gasteiger partial charge in [0.25, 0.3) is 0 Å². The van der Waals surface area contributed by atoms with Crippen molar-refractivity contribution >= 4 is 16.4 Å². The average molecular weight is 277 g/mol. The second kappa shape index (κ2) is 5.21. The van der Waals surface area contributed by atoms with Crippen LogP contribution in [0.5, 0.6) is 11.5 Å². The molecule has 1 aromatic rings. The Morgan fingerprint density at radius 2 is 2.06 bits per heavy atom. The van der Waals surface area contributed by atoms with Crippen molar-refractivity contribution in [1.82, 2.24) is 0 Å². The fraction of sp³-hybridized carbons (Fsp3) is 0.222. The van der Waals surface area contributed by atoms with Crippen LogP contribution in [-0.4, -0.2) is 35.2 Å². The van der Waals surface area contributed by atoms with Crippen LogP contribution in [0.25, 0.3) is 0 Å². The summed E-state index contributed by atoms with van der Waals surface area (Å²) in [5, 5.41) is 17.9. The zero-order valence-electron chi connectivity index (χ0n) is 8.98. The number of carboxylic acid groups (broad SMARTS) is 1. The van der Waals surface area contributed by atoms with Crippen molar-refractivity contribution in [1.29, 1.82) is 0 Å². The van der Waals surface area contributed by atoms with Gasteiger partial charge in [-0.3, -0.25) is 9.35 Å². The van der Waals surface area contributed by atoms with Crippen molar-refractivity contribution in [3.63, 3.8) is 0 Å². The lowest BCUT2D eigenvalue weighted by Gasteiger charge is -2.09. The topological polar surface area (TPSA) is 147 Å². The standard InChI is InChI=1S/C9H11NO7S/c10-6(9(12)13)3-5-1-2-7(11)8(4-5)17-18(14,15)16/h1-2,4,6,11H,3,10H2,(H,12,13)(H,14,15,16)/t6-/m0/s1. The van der Waals surface area contributed by atoms with E-state index in [1.165, 1.54) is 6.07 Å². The molecule has 9 heteroatoms. The van der Waals surface area contributed by atoms with Crippen molar-refractivity contribution in [2.75, 3.05) is 0 Å². The fourth-order valence-corrected chi connectivity index (χ4v) is 1.57. The van der Waals surface area contributed by atoms with Crippen molar-refractivity contribution in [3.8, 4) is 11.5 Å². The summed E-state index contributed by atoms with van der Waals surface area (Å²) in [6.07, 6.45) is -0.0859. The maximum Gasteiger partial charge on any atom is 0.446 e. The Morgan fingerprint density at radius 3 is 2.56 bits per heavy atom. The fourth-order valence-electron chi connectivity index (χ4n) is 1.21. The number of aliphatic carboxylic acids is 1. The minimum atomic E-state index is -4.77. The first-order chi connectivity index (χ1) is 8.19. The molecule has 0 heterocycles. The Kier molecular flexibility index (Phi) is 4.11. The Morgan fingerprint density at radius 1 is 1.44 bits per heavy atom. The lowest BCUT2D eigenvalue weighted by atomic mass is 10.1. The van der Waals surface area contributed by atoms with Crippen LogP contribution in [0.4, 0.5) is 0 Å². The highest BCUT2D eigenvalue weighted by Crippen LogP contribution is 2.28. The van der Waals surface area contributed by atoms with E-state index in [0.717, 1.165) is 12.1 Å². The van der Waals surface area contributed by atoms with E-state index in [0.29, 0.717) is 5.56 Å². The van der Waals surface area contributed by atoms with E-state index < -0.39 is 33.9 Å². The molecule has 0 fully saturated rings. The van der Waals surface area contributed by atoms with Crippen LogP contribution < -0.4 is 9.92 Å². The van der Waals surface area contributed by atoms with E-state index in [1.807, 2.05) is 0 Å². The van der Waals surface area contributed by atoms with Crippen LogP contribution in [0.15, 0.2) is 18.2 Å². The van der Waals surface area contributed by atoms with Gasteiger partial charge in [0.1, 0.15) is 6.04 Å². The monoisotopic (exact) mass is 277 g/mol. The first-order valence-corrected chi connectivity index (χ1v) is 6.03. The third kappa shape index (κ3) is 4.20. The molecule has 1 rings (SSSR count). The van der Waals surface area contributed by atoms with Gasteiger partial charge in [-0.2, -0.15) is 8.42 Å². The molecule has 0 unspecified atom stereocenters. The highest BCUT2D eigenvalue weighted by molar-refractivity contribution is 7.81. The quantitative estimate of drug-likeness (QED) is 0.528. The van der Waals surface area contributed by atoms with Crippen LogP contribution in [0.1, 0.15) is 5.56 Å². The number of rotatable bonds is 5. The Hall–Kier alpha value is -1.84. The highest BCUT2D eigenvalue weighted by Gasteiger charge is 2.16. The summed E-state index contributed by atoms with van der Waals surface area (Å²) in [6.45, 7) is 0. The molecule has 8 nitrogen and oxygen atoms in total. The second-order valence-corrected chi connectivity index (χ2v) is 4.48. The van der Waals surface area contributed by atoms with E-state index in [2.05, 4.69) is 4.18 Å². The smallest absolute Gasteiger partial charge is 0.446 e. The molecule has 0 aliphatic rings. The van der Waals surface area contributed by atoms with Gasteiger partial charge in [-0.15, -0.1) is 0 Å². The van der Waals surface area contributed by atoms with Gasteiger partial charge in [-0.1, -0.05) is 6.07 Å². The number of carboxylic acids is 1. The average Bonchev–Trinajstić information content (AvgIpc) is 2.20. The summed E-state index contributed by atoms with van der Waals surface area (Å²) in [5.41, 5.74) is 5.63. The third-order valence-electron chi connectivity index (χ3n) is 1.99. The maximum absolute atomic E-state index is 10.5. The number of aromatic hydroxyl groups is 1. The predicted octanol–water partition coefficient (Wildman–Crippen LogP) is -0.472. The molecule has 0 saturated carbocycles. The van der Waals surface area contributed by atoms with Gasteiger partial charge < -0.3 is 20.1 Å². The molecule has 0 aliphatic heterocycles. The molecule has 100 valence electrons. The van der Waals surface area contributed by atoms with Gasteiger partial charge in [0.05, 0.1) is 0 Å². The molecule has 1 aromatic carbocycles. The summed E-state index contributed by atoms with van der Waals surface area (Å²) < 4.78 is 33.6. The molecule has 1 atom stereocenters. The molecule has 0 aliphatic carbocycles. The largest absolute Gasteiger partial charge is 0.504 e. The number of phenols is 1. The summed E-state index contributed by atoms with van der Waals surface area (Å²) >= 11 is 0. The number of hydrogen-bond acceptors (Lipinski definition) is 6. The Balaban J connectivity index is 2.97. The van der Waals surface area contributed by atoms with E-state index >= 15 is 0 Å². The van der Waals surface area contributed by atoms with Gasteiger partial charge in [-0.05, 0) is 24.1 Å². The van der Waals surface area contributed by atoms with E-state index in [-0.39, 0.29) is 6.42 Å². The molecule has 5 N–H and O–H groups in total. The Labute approximate surface area is 103 Å². The van der Waals surface area contributed by atoms with Crippen molar-refractivity contribution in [2.24, 2.45) is 5.73 Å². The molecule has 0 saturated heterocycles. The summed E-state index contributed by atoms with van der Waals surface area (Å²) in [6, 6.07) is 2.36. The van der Waals surface area contributed by atoms with E-state index in [4.69, 9.17) is 15.4 Å². The minimum Gasteiger partial charge on any atom is -0.504 e. The van der Waals surface area contributed by atoms with Crippen molar-refractivity contribution in [2.45, 2.75) is 12.5 Å².